The molecule has 3 nitrogen and oxygen atoms in total. The molecule has 0 aliphatic carbocycles. The first-order valence-electron chi connectivity index (χ1n) is 7.55. The average Bonchev–Trinajstić information content (AvgIpc) is 2.79. The van der Waals surface area contributed by atoms with Crippen LogP contribution < -0.4 is 10.1 Å². The standard InChI is InChI=1S/C17H22N2OS/c1-11-6-4-7-14-15(8-5-9-20-16(11)14)19-13(3)17-18-12(2)10-21-17/h4,6-7,10,13,15,19H,5,8-9H2,1-3H3. The minimum absolute atomic E-state index is 0.264. The molecule has 0 bridgehead atoms. The highest BCUT2D eigenvalue weighted by Crippen LogP contribution is 2.35. The van der Waals surface area contributed by atoms with Crippen molar-refractivity contribution in [1.82, 2.24) is 10.3 Å². The van der Waals surface area contributed by atoms with Crippen LogP contribution in [-0.4, -0.2) is 11.6 Å². The van der Waals surface area contributed by atoms with Gasteiger partial charge >= 0.3 is 0 Å². The van der Waals surface area contributed by atoms with E-state index in [0.717, 1.165) is 35.9 Å². The average molecular weight is 302 g/mol. The van der Waals surface area contributed by atoms with E-state index < -0.39 is 0 Å². The predicted molar refractivity (Wildman–Crippen MR) is 87.1 cm³/mol. The largest absolute Gasteiger partial charge is 0.493 e. The van der Waals surface area contributed by atoms with Gasteiger partial charge in [-0.1, -0.05) is 18.2 Å². The summed E-state index contributed by atoms with van der Waals surface area (Å²) in [6, 6.07) is 7.03. The summed E-state index contributed by atoms with van der Waals surface area (Å²) >= 11 is 1.73. The third-order valence-corrected chi connectivity index (χ3v) is 5.10. The smallest absolute Gasteiger partial charge is 0.126 e. The van der Waals surface area contributed by atoms with E-state index in [9.17, 15) is 0 Å². The molecule has 2 atom stereocenters. The molecule has 4 heteroatoms. The van der Waals surface area contributed by atoms with Crippen molar-refractivity contribution in [3.63, 3.8) is 0 Å². The fraction of sp³-hybridized carbons (Fsp3) is 0.471. The second kappa shape index (κ2) is 6.16. The number of hydrogen-bond acceptors (Lipinski definition) is 4. The molecule has 2 heterocycles. The lowest BCUT2D eigenvalue weighted by Gasteiger charge is -2.22. The Kier molecular flexibility index (Phi) is 4.27. The normalized spacial score (nSPS) is 19.5. The van der Waals surface area contributed by atoms with Crippen LogP contribution in [0.2, 0.25) is 0 Å². The Hall–Kier alpha value is -1.39. The maximum absolute atomic E-state index is 5.95. The van der Waals surface area contributed by atoms with E-state index in [2.05, 4.69) is 47.7 Å². The van der Waals surface area contributed by atoms with E-state index >= 15 is 0 Å². The van der Waals surface area contributed by atoms with Crippen LogP contribution in [0.25, 0.3) is 0 Å². The summed E-state index contributed by atoms with van der Waals surface area (Å²) < 4.78 is 5.95. The summed E-state index contributed by atoms with van der Waals surface area (Å²) in [5.41, 5.74) is 3.61. The molecule has 1 aliphatic rings. The second-order valence-electron chi connectivity index (χ2n) is 5.75. The Morgan fingerprint density at radius 2 is 2.24 bits per heavy atom. The van der Waals surface area contributed by atoms with Crippen LogP contribution in [0, 0.1) is 13.8 Å². The monoisotopic (exact) mass is 302 g/mol. The molecule has 0 saturated carbocycles. The number of hydrogen-bond donors (Lipinski definition) is 1. The molecule has 0 spiro atoms. The van der Waals surface area contributed by atoms with E-state index in [1.807, 2.05) is 6.92 Å². The van der Waals surface area contributed by atoms with E-state index in [1.165, 1.54) is 11.1 Å². The zero-order valence-corrected chi connectivity index (χ0v) is 13.7. The van der Waals surface area contributed by atoms with Gasteiger partial charge in [0.2, 0.25) is 0 Å². The lowest BCUT2D eigenvalue weighted by molar-refractivity contribution is 0.312. The zero-order chi connectivity index (χ0) is 14.8. The number of rotatable bonds is 3. The number of aromatic nitrogens is 1. The second-order valence-corrected chi connectivity index (χ2v) is 6.64. The number of thiazole rings is 1. The summed E-state index contributed by atoms with van der Waals surface area (Å²) in [6.45, 7) is 7.17. The maximum Gasteiger partial charge on any atom is 0.126 e. The Morgan fingerprint density at radius 1 is 1.38 bits per heavy atom. The molecular formula is C17H22N2OS. The summed E-state index contributed by atoms with van der Waals surface area (Å²) in [6.07, 6.45) is 2.18. The topological polar surface area (TPSA) is 34.1 Å². The molecule has 2 unspecified atom stereocenters. The summed E-state index contributed by atoms with van der Waals surface area (Å²) in [7, 11) is 0. The van der Waals surface area contributed by atoms with Gasteiger partial charge in [0.15, 0.2) is 0 Å². The number of para-hydroxylation sites is 1. The Morgan fingerprint density at radius 3 is 3.00 bits per heavy atom. The summed E-state index contributed by atoms with van der Waals surface area (Å²) in [5.74, 6) is 1.06. The van der Waals surface area contributed by atoms with Gasteiger partial charge in [0, 0.05) is 22.7 Å². The Labute approximate surface area is 130 Å². The lowest BCUT2D eigenvalue weighted by Crippen LogP contribution is -2.24. The molecule has 3 rings (SSSR count). The van der Waals surface area contributed by atoms with Crippen molar-refractivity contribution in [2.75, 3.05) is 6.61 Å². The molecule has 1 aromatic carbocycles. The number of benzene rings is 1. The van der Waals surface area contributed by atoms with Crippen molar-refractivity contribution in [2.24, 2.45) is 0 Å². The zero-order valence-electron chi connectivity index (χ0n) is 12.8. The molecule has 1 aliphatic heterocycles. The van der Waals surface area contributed by atoms with Gasteiger partial charge in [-0.3, -0.25) is 0 Å². The molecule has 112 valence electrons. The van der Waals surface area contributed by atoms with Gasteiger partial charge in [0.1, 0.15) is 10.8 Å². The molecule has 0 amide bonds. The minimum Gasteiger partial charge on any atom is -0.493 e. The van der Waals surface area contributed by atoms with E-state index in [1.54, 1.807) is 11.3 Å². The highest BCUT2D eigenvalue weighted by molar-refractivity contribution is 7.09. The molecule has 2 aromatic rings. The van der Waals surface area contributed by atoms with Crippen molar-refractivity contribution >= 4 is 11.3 Å². The SMILES string of the molecule is Cc1csc(C(C)NC2CCCOc3c(C)cccc32)n1. The maximum atomic E-state index is 5.95. The first-order valence-corrected chi connectivity index (χ1v) is 8.43. The van der Waals surface area contributed by atoms with Gasteiger partial charge < -0.3 is 10.1 Å². The number of aryl methyl sites for hydroxylation is 2. The van der Waals surface area contributed by atoms with Gasteiger partial charge in [0.05, 0.1) is 12.6 Å². The predicted octanol–water partition coefficient (Wildman–Crippen LogP) is 4.32. The highest BCUT2D eigenvalue weighted by Gasteiger charge is 2.23. The van der Waals surface area contributed by atoms with Crippen molar-refractivity contribution in [3.05, 3.63) is 45.4 Å². The van der Waals surface area contributed by atoms with Crippen molar-refractivity contribution in [2.45, 2.75) is 45.7 Å². The van der Waals surface area contributed by atoms with Gasteiger partial charge in [-0.15, -0.1) is 11.3 Å². The van der Waals surface area contributed by atoms with Gasteiger partial charge in [-0.05, 0) is 39.2 Å². The van der Waals surface area contributed by atoms with Crippen LogP contribution >= 0.6 is 11.3 Å². The van der Waals surface area contributed by atoms with Crippen molar-refractivity contribution < 1.29 is 4.74 Å². The first-order chi connectivity index (χ1) is 10.1. The molecule has 0 fully saturated rings. The summed E-state index contributed by atoms with van der Waals surface area (Å²) in [4.78, 5) is 4.60. The van der Waals surface area contributed by atoms with Gasteiger partial charge in [-0.25, -0.2) is 4.98 Å². The summed E-state index contributed by atoms with van der Waals surface area (Å²) in [5, 5.41) is 7.01. The van der Waals surface area contributed by atoms with Crippen molar-refractivity contribution in [3.8, 4) is 5.75 Å². The number of ether oxygens (including phenoxy) is 1. The third-order valence-electron chi connectivity index (χ3n) is 3.96. The molecule has 0 saturated heterocycles. The van der Waals surface area contributed by atoms with Crippen molar-refractivity contribution in [1.29, 1.82) is 0 Å². The molecule has 0 radical (unpaired) electrons. The Balaban J connectivity index is 1.84. The van der Waals surface area contributed by atoms with Crippen LogP contribution in [0.5, 0.6) is 5.75 Å². The number of fused-ring (bicyclic) bond motifs is 1. The van der Waals surface area contributed by atoms with E-state index in [4.69, 9.17) is 4.74 Å². The van der Waals surface area contributed by atoms with Crippen LogP contribution in [0.15, 0.2) is 23.6 Å². The van der Waals surface area contributed by atoms with Crippen LogP contribution in [0.3, 0.4) is 0 Å². The van der Waals surface area contributed by atoms with Gasteiger partial charge in [0.25, 0.3) is 0 Å². The van der Waals surface area contributed by atoms with E-state index in [-0.39, 0.29) is 6.04 Å². The number of nitrogens with one attached hydrogen (secondary N) is 1. The lowest BCUT2D eigenvalue weighted by atomic mass is 9.99. The molecule has 1 N–H and O–H groups in total. The molecular weight excluding hydrogens is 280 g/mol. The fourth-order valence-corrected chi connectivity index (χ4v) is 3.69. The van der Waals surface area contributed by atoms with Crippen LogP contribution in [0.1, 0.15) is 53.7 Å². The van der Waals surface area contributed by atoms with Gasteiger partial charge in [-0.2, -0.15) is 0 Å². The van der Waals surface area contributed by atoms with Crippen LogP contribution in [-0.2, 0) is 0 Å². The highest BCUT2D eigenvalue weighted by atomic mass is 32.1. The molecule has 1 aromatic heterocycles. The van der Waals surface area contributed by atoms with E-state index in [0.29, 0.717) is 6.04 Å². The minimum atomic E-state index is 0.264. The third kappa shape index (κ3) is 3.11. The Bertz CT molecular complexity index is 623. The first kappa shape index (κ1) is 14.5. The number of nitrogens with zero attached hydrogens (tertiary/aromatic N) is 1. The fourth-order valence-electron chi connectivity index (χ4n) is 2.88. The van der Waals surface area contributed by atoms with Crippen LogP contribution in [0.4, 0.5) is 0 Å². The quantitative estimate of drug-likeness (QED) is 0.916. The molecule has 21 heavy (non-hydrogen) atoms.